The molecule has 130 valence electrons. The molecule has 0 saturated carbocycles. The molecule has 1 aliphatic rings. The van der Waals surface area contributed by atoms with Gasteiger partial charge in [0.2, 0.25) is 0 Å². The Labute approximate surface area is 151 Å². The minimum Gasteiger partial charge on any atom is -0.360 e. The highest BCUT2D eigenvalue weighted by atomic mass is 15.2. The lowest BCUT2D eigenvalue weighted by atomic mass is 9.87. The molecule has 0 atom stereocenters. The van der Waals surface area contributed by atoms with Gasteiger partial charge in [-0.15, -0.1) is 0 Å². The molecule has 0 spiro atoms. The maximum Gasteiger partial charge on any atom is 0.0630 e. The summed E-state index contributed by atoms with van der Waals surface area (Å²) in [5.74, 6) is 0. The molecule has 3 rings (SSSR count). The molecule has 0 N–H and O–H groups in total. The molecule has 0 amide bonds. The number of rotatable bonds is 3. The molecule has 25 heavy (non-hydrogen) atoms. The van der Waals surface area contributed by atoms with E-state index in [2.05, 4.69) is 100.0 Å². The summed E-state index contributed by atoms with van der Waals surface area (Å²) in [6.07, 6.45) is 4.33. The molecule has 2 aromatic rings. The van der Waals surface area contributed by atoms with Gasteiger partial charge in [-0.1, -0.05) is 29.8 Å². The molecule has 0 radical (unpaired) electrons. The van der Waals surface area contributed by atoms with Crippen LogP contribution in [-0.2, 0) is 0 Å². The topological polar surface area (TPSA) is 15.6 Å². The van der Waals surface area contributed by atoms with Gasteiger partial charge in [0.25, 0.3) is 0 Å². The zero-order valence-electron chi connectivity index (χ0n) is 16.2. The number of fused-ring (bicyclic) bond motifs is 1. The molecule has 0 unspecified atom stereocenters. The average molecular weight is 332 g/mol. The van der Waals surface area contributed by atoms with Crippen LogP contribution >= 0.6 is 0 Å². The molecule has 1 heterocycles. The van der Waals surface area contributed by atoms with Crippen molar-refractivity contribution in [3.63, 3.8) is 0 Å². The highest BCUT2D eigenvalue weighted by Crippen LogP contribution is 2.40. The molecule has 0 bridgehead atoms. The Bertz CT molecular complexity index is 824. The van der Waals surface area contributed by atoms with Gasteiger partial charge in [0, 0.05) is 23.5 Å². The van der Waals surface area contributed by atoms with Gasteiger partial charge in [-0.3, -0.25) is 4.99 Å². The monoisotopic (exact) mass is 332 g/mol. The summed E-state index contributed by atoms with van der Waals surface area (Å²) in [7, 11) is 0. The molecular weight excluding hydrogens is 304 g/mol. The highest BCUT2D eigenvalue weighted by Gasteiger charge is 2.32. The largest absolute Gasteiger partial charge is 0.360 e. The zero-order chi connectivity index (χ0) is 18.2. The lowest BCUT2D eigenvalue weighted by Gasteiger charge is -2.46. The quantitative estimate of drug-likeness (QED) is 0.615. The van der Waals surface area contributed by atoms with Gasteiger partial charge in [0.15, 0.2) is 0 Å². The molecule has 0 aliphatic carbocycles. The number of aliphatic imine (C=N–C) groups is 1. The van der Waals surface area contributed by atoms with E-state index in [-0.39, 0.29) is 5.54 Å². The number of aryl methyl sites for hydroxylation is 1. The van der Waals surface area contributed by atoms with Crippen LogP contribution in [-0.4, -0.2) is 17.8 Å². The maximum absolute atomic E-state index is 4.62. The second-order valence-corrected chi connectivity index (χ2v) is 7.82. The van der Waals surface area contributed by atoms with Crippen LogP contribution in [0.4, 0.5) is 11.4 Å². The number of allylic oxidation sites excluding steroid dienone is 1. The predicted molar refractivity (Wildman–Crippen MR) is 110 cm³/mol. The highest BCUT2D eigenvalue weighted by molar-refractivity contribution is 5.88. The first-order valence-corrected chi connectivity index (χ1v) is 9.02. The first kappa shape index (κ1) is 17.5. The summed E-state index contributed by atoms with van der Waals surface area (Å²) in [6.45, 7) is 13.4. The van der Waals surface area contributed by atoms with E-state index in [4.69, 9.17) is 0 Å². The molecule has 2 heteroatoms. The zero-order valence-corrected chi connectivity index (χ0v) is 16.2. The van der Waals surface area contributed by atoms with E-state index in [1.807, 2.05) is 6.21 Å². The Morgan fingerprint density at radius 2 is 1.68 bits per heavy atom. The van der Waals surface area contributed by atoms with Crippen LogP contribution in [0, 0.1) is 6.92 Å². The Morgan fingerprint density at radius 3 is 2.32 bits per heavy atom. The summed E-state index contributed by atoms with van der Waals surface area (Å²) in [6, 6.07) is 15.4. The predicted octanol–water partition coefficient (Wildman–Crippen LogP) is 6.16. The van der Waals surface area contributed by atoms with E-state index >= 15 is 0 Å². The van der Waals surface area contributed by atoms with Crippen LogP contribution in [0.25, 0.3) is 5.57 Å². The van der Waals surface area contributed by atoms with Gasteiger partial charge in [-0.2, -0.15) is 0 Å². The maximum atomic E-state index is 4.62. The molecule has 2 nitrogen and oxygen atoms in total. The number of hydrogen-bond acceptors (Lipinski definition) is 2. The van der Waals surface area contributed by atoms with Crippen molar-refractivity contribution in [2.24, 2.45) is 4.99 Å². The van der Waals surface area contributed by atoms with Gasteiger partial charge in [-0.05, 0) is 76.9 Å². The van der Waals surface area contributed by atoms with E-state index in [9.17, 15) is 0 Å². The van der Waals surface area contributed by atoms with E-state index in [1.54, 1.807) is 0 Å². The van der Waals surface area contributed by atoms with Crippen LogP contribution in [0.15, 0.2) is 53.5 Å². The van der Waals surface area contributed by atoms with E-state index in [1.165, 1.54) is 22.4 Å². The minimum absolute atomic E-state index is 0.0305. The number of hydrogen-bond donors (Lipinski definition) is 0. The van der Waals surface area contributed by atoms with Crippen molar-refractivity contribution >= 4 is 23.2 Å². The van der Waals surface area contributed by atoms with Crippen molar-refractivity contribution in [1.82, 2.24) is 0 Å². The van der Waals surface area contributed by atoms with Gasteiger partial charge in [0.05, 0.1) is 11.2 Å². The van der Waals surface area contributed by atoms with Gasteiger partial charge >= 0.3 is 0 Å². The van der Waals surface area contributed by atoms with Crippen molar-refractivity contribution in [2.75, 3.05) is 4.90 Å². The van der Waals surface area contributed by atoms with Crippen molar-refractivity contribution in [1.29, 1.82) is 0 Å². The summed E-state index contributed by atoms with van der Waals surface area (Å²) >= 11 is 0. The Hall–Kier alpha value is -2.35. The lowest BCUT2D eigenvalue weighted by molar-refractivity contribution is 0.507. The Balaban J connectivity index is 1.96. The van der Waals surface area contributed by atoms with Crippen LogP contribution in [0.1, 0.15) is 51.3 Å². The lowest BCUT2D eigenvalue weighted by Crippen LogP contribution is -2.49. The van der Waals surface area contributed by atoms with Crippen LogP contribution in [0.2, 0.25) is 0 Å². The summed E-state index contributed by atoms with van der Waals surface area (Å²) in [4.78, 5) is 7.11. The Morgan fingerprint density at radius 1 is 1.00 bits per heavy atom. The fourth-order valence-electron chi connectivity index (χ4n) is 3.87. The molecule has 0 aromatic heterocycles. The molecule has 0 saturated heterocycles. The smallest absolute Gasteiger partial charge is 0.0630 e. The number of benzene rings is 2. The average Bonchev–Trinajstić information content (AvgIpc) is 2.53. The van der Waals surface area contributed by atoms with Gasteiger partial charge < -0.3 is 4.90 Å². The van der Waals surface area contributed by atoms with Gasteiger partial charge in [0.1, 0.15) is 0 Å². The van der Waals surface area contributed by atoms with E-state index in [0.29, 0.717) is 6.04 Å². The van der Waals surface area contributed by atoms with Crippen LogP contribution in [0.3, 0.4) is 0 Å². The molecule has 2 aromatic carbocycles. The standard InChI is InChI=1S/C23H28N2/c1-16(2)25-22-12-9-19(13-21(22)18(4)14-23(25,5)6)15-24-20-10-7-17(3)8-11-20/h7-16H,1-6H3. The fraction of sp³-hybridized carbons (Fsp3) is 0.348. The third-order valence-corrected chi connectivity index (χ3v) is 4.81. The summed E-state index contributed by atoms with van der Waals surface area (Å²) < 4.78 is 0. The van der Waals surface area contributed by atoms with Crippen molar-refractivity contribution in [3.8, 4) is 0 Å². The van der Waals surface area contributed by atoms with Crippen molar-refractivity contribution < 1.29 is 0 Å². The van der Waals surface area contributed by atoms with Gasteiger partial charge in [-0.25, -0.2) is 0 Å². The Kier molecular flexibility index (Phi) is 4.55. The van der Waals surface area contributed by atoms with Crippen LogP contribution < -0.4 is 4.90 Å². The van der Waals surface area contributed by atoms with Crippen molar-refractivity contribution in [2.45, 2.75) is 53.1 Å². The summed E-state index contributed by atoms with van der Waals surface area (Å²) in [5.41, 5.74) is 7.36. The summed E-state index contributed by atoms with van der Waals surface area (Å²) in [5, 5.41) is 0. The molecule has 0 fully saturated rings. The second kappa shape index (κ2) is 6.51. The minimum atomic E-state index is 0.0305. The normalized spacial score (nSPS) is 16.3. The molecule has 1 aliphatic heterocycles. The van der Waals surface area contributed by atoms with Crippen molar-refractivity contribution in [3.05, 3.63) is 65.2 Å². The second-order valence-electron chi connectivity index (χ2n) is 7.82. The molecular formula is C23H28N2. The SMILES string of the molecule is CC1=CC(C)(C)N(C(C)C)c2ccc(C=Nc3ccc(C)cc3)cc21. The van der Waals surface area contributed by atoms with Crippen LogP contribution in [0.5, 0.6) is 0 Å². The fourth-order valence-corrected chi connectivity index (χ4v) is 3.87. The number of nitrogens with zero attached hydrogens (tertiary/aromatic N) is 2. The van der Waals surface area contributed by atoms with E-state index in [0.717, 1.165) is 11.3 Å². The number of anilines is 1. The third-order valence-electron chi connectivity index (χ3n) is 4.81. The third kappa shape index (κ3) is 3.53. The van der Waals surface area contributed by atoms with E-state index < -0.39 is 0 Å². The first-order valence-electron chi connectivity index (χ1n) is 9.02. The first-order chi connectivity index (χ1) is 11.8.